The molecule has 0 saturated carbocycles. The highest BCUT2D eigenvalue weighted by Crippen LogP contribution is 2.36. The van der Waals surface area contributed by atoms with Crippen molar-refractivity contribution in [3.8, 4) is 0 Å². The Balaban J connectivity index is 1.94. The maximum absolute atomic E-state index is 13.1. The third kappa shape index (κ3) is 3.45. The molecule has 3 rings (SSSR count). The number of nitrogens with zero attached hydrogens (tertiary/aromatic N) is 2. The minimum Gasteiger partial charge on any atom is -0.268 e. The first-order chi connectivity index (χ1) is 11.9. The molecule has 5 nitrogen and oxygen atoms in total. The number of amides is 1. The number of nitro benzene ring substituents is 1. The number of rotatable bonds is 3. The molecular formula is C17H11FN2O3S2. The van der Waals surface area contributed by atoms with Gasteiger partial charge in [-0.05, 0) is 42.8 Å². The highest BCUT2D eigenvalue weighted by molar-refractivity contribution is 8.27. The van der Waals surface area contributed by atoms with Crippen LogP contribution in [0.1, 0.15) is 11.1 Å². The molecule has 0 atom stereocenters. The number of thioether (sulfide) groups is 1. The number of aryl methyl sites for hydroxylation is 1. The predicted octanol–water partition coefficient (Wildman–Crippen LogP) is 4.45. The van der Waals surface area contributed by atoms with Gasteiger partial charge in [0, 0.05) is 11.6 Å². The van der Waals surface area contributed by atoms with Gasteiger partial charge < -0.3 is 0 Å². The van der Waals surface area contributed by atoms with Gasteiger partial charge >= 0.3 is 0 Å². The summed E-state index contributed by atoms with van der Waals surface area (Å²) < 4.78 is 13.4. The minimum absolute atomic E-state index is 0.0113. The second-order valence-corrected chi connectivity index (χ2v) is 6.97. The summed E-state index contributed by atoms with van der Waals surface area (Å²) in [6.07, 6.45) is 1.56. The first-order valence-corrected chi connectivity index (χ1v) is 8.38. The van der Waals surface area contributed by atoms with Gasteiger partial charge in [0.05, 0.1) is 15.5 Å². The maximum atomic E-state index is 13.1. The lowest BCUT2D eigenvalue weighted by atomic mass is 10.1. The molecular weight excluding hydrogens is 363 g/mol. The van der Waals surface area contributed by atoms with Crippen molar-refractivity contribution < 1.29 is 14.1 Å². The number of anilines is 1. The Morgan fingerprint density at radius 2 is 1.92 bits per heavy atom. The predicted molar refractivity (Wildman–Crippen MR) is 99.9 cm³/mol. The minimum atomic E-state index is -0.462. The fraction of sp³-hybridized carbons (Fsp3) is 0.0588. The van der Waals surface area contributed by atoms with Crippen LogP contribution in [0.15, 0.2) is 47.4 Å². The number of thiocarbonyl (C=S) groups is 1. The van der Waals surface area contributed by atoms with E-state index < -0.39 is 10.7 Å². The molecule has 0 aliphatic carbocycles. The van der Waals surface area contributed by atoms with E-state index in [0.29, 0.717) is 26.0 Å². The van der Waals surface area contributed by atoms with Gasteiger partial charge in [-0.2, -0.15) is 0 Å². The van der Waals surface area contributed by atoms with E-state index in [-0.39, 0.29) is 11.6 Å². The monoisotopic (exact) mass is 374 g/mol. The normalized spacial score (nSPS) is 15.9. The van der Waals surface area contributed by atoms with E-state index >= 15 is 0 Å². The van der Waals surface area contributed by atoms with E-state index in [1.807, 2.05) is 0 Å². The molecule has 0 bridgehead atoms. The van der Waals surface area contributed by atoms with Gasteiger partial charge in [0.2, 0.25) is 0 Å². The quantitative estimate of drug-likeness (QED) is 0.344. The lowest BCUT2D eigenvalue weighted by Gasteiger charge is -2.14. The molecule has 0 spiro atoms. The first kappa shape index (κ1) is 17.2. The molecule has 1 fully saturated rings. The Morgan fingerprint density at radius 1 is 1.24 bits per heavy atom. The van der Waals surface area contributed by atoms with Crippen LogP contribution < -0.4 is 4.90 Å². The Morgan fingerprint density at radius 3 is 2.56 bits per heavy atom. The smallest absolute Gasteiger partial charge is 0.268 e. The fourth-order valence-corrected chi connectivity index (χ4v) is 3.64. The van der Waals surface area contributed by atoms with Crippen molar-refractivity contribution in [3.63, 3.8) is 0 Å². The number of hydrogen-bond donors (Lipinski definition) is 0. The van der Waals surface area contributed by atoms with E-state index in [1.54, 1.807) is 25.1 Å². The van der Waals surface area contributed by atoms with E-state index in [1.165, 1.54) is 35.2 Å². The van der Waals surface area contributed by atoms with Crippen LogP contribution in [0.3, 0.4) is 0 Å². The number of halogens is 1. The molecule has 1 aliphatic rings. The second-order valence-electron chi connectivity index (χ2n) is 5.30. The van der Waals surface area contributed by atoms with E-state index in [9.17, 15) is 19.3 Å². The van der Waals surface area contributed by atoms with Crippen molar-refractivity contribution in [2.45, 2.75) is 6.92 Å². The molecule has 0 N–H and O–H groups in total. The SMILES string of the molecule is Cc1ccc(C=C2SC(=S)N(c3ccc(F)cc3)C2=O)cc1[N+](=O)[O-]. The molecule has 1 amide bonds. The summed E-state index contributed by atoms with van der Waals surface area (Å²) in [5.41, 5.74) is 1.54. The topological polar surface area (TPSA) is 63.5 Å². The zero-order chi connectivity index (χ0) is 18.1. The van der Waals surface area contributed by atoms with Crippen molar-refractivity contribution in [2.75, 3.05) is 4.90 Å². The standard InChI is InChI=1S/C17H11FN2O3S2/c1-10-2-3-11(8-14(10)20(22)23)9-15-16(21)19(17(24)25-15)13-6-4-12(18)5-7-13/h2-9H,1H3. The molecule has 1 aliphatic heterocycles. The highest BCUT2D eigenvalue weighted by atomic mass is 32.2. The zero-order valence-electron chi connectivity index (χ0n) is 12.9. The van der Waals surface area contributed by atoms with Crippen LogP contribution in [0.5, 0.6) is 0 Å². The summed E-state index contributed by atoms with van der Waals surface area (Å²) in [6, 6.07) is 10.2. The van der Waals surface area contributed by atoms with Crippen LogP contribution in [-0.2, 0) is 4.79 Å². The summed E-state index contributed by atoms with van der Waals surface area (Å²) in [4.78, 5) is 24.9. The molecule has 2 aromatic carbocycles. The van der Waals surface area contributed by atoms with Gasteiger partial charge in [0.1, 0.15) is 5.82 Å². The Hall–Kier alpha value is -2.58. The molecule has 1 heterocycles. The molecule has 0 radical (unpaired) electrons. The third-order valence-electron chi connectivity index (χ3n) is 3.61. The van der Waals surface area contributed by atoms with E-state index in [4.69, 9.17) is 12.2 Å². The Bertz CT molecular complexity index is 926. The first-order valence-electron chi connectivity index (χ1n) is 7.15. The van der Waals surface area contributed by atoms with Crippen molar-refractivity contribution >= 4 is 51.7 Å². The maximum Gasteiger partial charge on any atom is 0.272 e. The molecule has 0 unspecified atom stereocenters. The fourth-order valence-electron chi connectivity index (χ4n) is 2.34. The third-order valence-corrected chi connectivity index (χ3v) is 4.91. The largest absolute Gasteiger partial charge is 0.272 e. The number of carbonyl (C=O) groups is 1. The Kier molecular flexibility index (Phi) is 4.65. The molecule has 25 heavy (non-hydrogen) atoms. The molecule has 0 aromatic heterocycles. The van der Waals surface area contributed by atoms with Crippen LogP contribution >= 0.6 is 24.0 Å². The molecule has 126 valence electrons. The lowest BCUT2D eigenvalue weighted by Crippen LogP contribution is -2.27. The Labute approximate surface area is 152 Å². The van der Waals surface area contributed by atoms with Crippen LogP contribution in [0.2, 0.25) is 0 Å². The molecule has 2 aromatic rings. The number of carbonyl (C=O) groups excluding carboxylic acids is 1. The number of benzene rings is 2. The van der Waals surface area contributed by atoms with Gasteiger partial charge in [0.15, 0.2) is 4.32 Å². The second kappa shape index (κ2) is 6.73. The summed E-state index contributed by atoms with van der Waals surface area (Å²) in [5.74, 6) is -0.749. The van der Waals surface area contributed by atoms with Crippen LogP contribution in [-0.4, -0.2) is 15.2 Å². The number of hydrogen-bond acceptors (Lipinski definition) is 5. The summed E-state index contributed by atoms with van der Waals surface area (Å²) in [6.45, 7) is 1.65. The molecule has 8 heteroatoms. The highest BCUT2D eigenvalue weighted by Gasteiger charge is 2.33. The van der Waals surface area contributed by atoms with Crippen molar-refractivity contribution in [1.82, 2.24) is 0 Å². The van der Waals surface area contributed by atoms with Crippen molar-refractivity contribution in [3.05, 3.63) is 74.4 Å². The molecule has 1 saturated heterocycles. The average Bonchev–Trinajstić information content (AvgIpc) is 2.84. The number of nitro groups is 1. The van der Waals surface area contributed by atoms with Gasteiger partial charge in [-0.15, -0.1) is 0 Å². The van der Waals surface area contributed by atoms with Crippen LogP contribution in [0, 0.1) is 22.9 Å². The van der Waals surface area contributed by atoms with E-state index in [2.05, 4.69) is 0 Å². The van der Waals surface area contributed by atoms with Crippen molar-refractivity contribution in [2.24, 2.45) is 0 Å². The zero-order valence-corrected chi connectivity index (χ0v) is 14.6. The van der Waals surface area contributed by atoms with E-state index in [0.717, 1.165) is 11.8 Å². The average molecular weight is 374 g/mol. The van der Waals surface area contributed by atoms with Crippen molar-refractivity contribution in [1.29, 1.82) is 0 Å². The van der Waals surface area contributed by atoms with Crippen LogP contribution in [0.25, 0.3) is 6.08 Å². The summed E-state index contributed by atoms with van der Waals surface area (Å²) >= 11 is 6.34. The van der Waals surface area contributed by atoms with Gasteiger partial charge in [-0.25, -0.2) is 4.39 Å². The summed E-state index contributed by atoms with van der Waals surface area (Å²) in [7, 11) is 0. The summed E-state index contributed by atoms with van der Waals surface area (Å²) in [5, 5.41) is 11.0. The van der Waals surface area contributed by atoms with Gasteiger partial charge in [-0.1, -0.05) is 36.1 Å². The van der Waals surface area contributed by atoms with Crippen LogP contribution in [0.4, 0.5) is 15.8 Å². The van der Waals surface area contributed by atoms with Gasteiger partial charge in [-0.3, -0.25) is 19.8 Å². The van der Waals surface area contributed by atoms with Gasteiger partial charge in [0.25, 0.3) is 11.6 Å². The lowest BCUT2D eigenvalue weighted by molar-refractivity contribution is -0.385.